The van der Waals surface area contributed by atoms with Crippen LogP contribution in [-0.2, 0) is 4.74 Å². The normalized spacial score (nSPS) is 20.0. The molecule has 21 heavy (non-hydrogen) atoms. The first kappa shape index (κ1) is 16.8. The van der Waals surface area contributed by atoms with Gasteiger partial charge in [-0.2, -0.15) is 0 Å². The third-order valence-corrected chi connectivity index (χ3v) is 4.94. The summed E-state index contributed by atoms with van der Waals surface area (Å²) in [7, 11) is 1.88. The molecular formula is C18H28ClNO. The Morgan fingerprint density at radius 1 is 1.14 bits per heavy atom. The van der Waals surface area contributed by atoms with E-state index in [1.807, 2.05) is 19.2 Å². The fourth-order valence-corrected chi connectivity index (χ4v) is 3.62. The van der Waals surface area contributed by atoms with Gasteiger partial charge < -0.3 is 10.1 Å². The Balaban J connectivity index is 2.29. The highest BCUT2D eigenvalue weighted by Gasteiger charge is 2.39. The summed E-state index contributed by atoms with van der Waals surface area (Å²) in [6.45, 7) is 3.22. The van der Waals surface area contributed by atoms with Crippen LogP contribution in [0.3, 0.4) is 0 Å². The molecule has 2 rings (SSSR count). The second-order valence-electron chi connectivity index (χ2n) is 6.12. The Kier molecular flexibility index (Phi) is 6.53. The van der Waals surface area contributed by atoms with Crippen molar-refractivity contribution in [3.63, 3.8) is 0 Å². The lowest BCUT2D eigenvalue weighted by molar-refractivity contribution is -0.0540. The van der Waals surface area contributed by atoms with Crippen molar-refractivity contribution in [2.75, 3.05) is 13.7 Å². The second kappa shape index (κ2) is 8.17. The maximum absolute atomic E-state index is 6.11. The van der Waals surface area contributed by atoms with E-state index in [4.69, 9.17) is 16.3 Å². The van der Waals surface area contributed by atoms with Crippen LogP contribution in [0.2, 0.25) is 5.02 Å². The van der Waals surface area contributed by atoms with Crippen molar-refractivity contribution in [1.29, 1.82) is 0 Å². The molecule has 1 atom stereocenters. The van der Waals surface area contributed by atoms with Crippen LogP contribution in [0.1, 0.15) is 63.5 Å². The topological polar surface area (TPSA) is 21.3 Å². The SMILES string of the molecule is CCCNC(c1ccc(Cl)cc1)C1(OC)CCCCCC1. The number of methoxy groups -OCH3 is 1. The summed E-state index contributed by atoms with van der Waals surface area (Å²) in [6.07, 6.45) is 8.56. The zero-order valence-electron chi connectivity index (χ0n) is 13.3. The van der Waals surface area contributed by atoms with Gasteiger partial charge in [0.05, 0.1) is 11.6 Å². The van der Waals surface area contributed by atoms with E-state index in [2.05, 4.69) is 24.4 Å². The number of nitrogens with one attached hydrogen (secondary N) is 1. The van der Waals surface area contributed by atoms with Crippen molar-refractivity contribution in [3.8, 4) is 0 Å². The van der Waals surface area contributed by atoms with Gasteiger partial charge in [-0.1, -0.05) is 56.3 Å². The number of rotatable bonds is 6. The molecule has 1 N–H and O–H groups in total. The average molecular weight is 310 g/mol. The van der Waals surface area contributed by atoms with Gasteiger partial charge in [-0.25, -0.2) is 0 Å². The first-order valence-corrected chi connectivity index (χ1v) is 8.63. The van der Waals surface area contributed by atoms with Gasteiger partial charge in [0, 0.05) is 12.1 Å². The van der Waals surface area contributed by atoms with Crippen LogP contribution in [0.4, 0.5) is 0 Å². The van der Waals surface area contributed by atoms with Gasteiger partial charge >= 0.3 is 0 Å². The minimum absolute atomic E-state index is 0.0838. The molecule has 0 spiro atoms. The summed E-state index contributed by atoms with van der Waals surface area (Å²) in [4.78, 5) is 0. The lowest BCUT2D eigenvalue weighted by Crippen LogP contribution is -2.45. The molecule has 0 saturated heterocycles. The fourth-order valence-electron chi connectivity index (χ4n) is 3.49. The standard InChI is InChI=1S/C18H28ClNO/c1-3-14-20-17(15-8-10-16(19)11-9-15)18(21-2)12-6-4-5-7-13-18/h8-11,17,20H,3-7,12-14H2,1-2H3. The molecular weight excluding hydrogens is 282 g/mol. The predicted molar refractivity (Wildman–Crippen MR) is 89.9 cm³/mol. The highest BCUT2D eigenvalue weighted by molar-refractivity contribution is 6.30. The molecule has 118 valence electrons. The van der Waals surface area contributed by atoms with E-state index in [0.717, 1.165) is 30.8 Å². The highest BCUT2D eigenvalue weighted by atomic mass is 35.5. The van der Waals surface area contributed by atoms with Crippen LogP contribution in [-0.4, -0.2) is 19.3 Å². The summed E-state index contributed by atoms with van der Waals surface area (Å²) in [6, 6.07) is 8.50. The summed E-state index contributed by atoms with van der Waals surface area (Å²) in [5.41, 5.74) is 1.20. The largest absolute Gasteiger partial charge is 0.376 e. The van der Waals surface area contributed by atoms with E-state index in [9.17, 15) is 0 Å². The van der Waals surface area contributed by atoms with Crippen LogP contribution in [0.5, 0.6) is 0 Å². The van der Waals surface area contributed by atoms with Crippen LogP contribution >= 0.6 is 11.6 Å². The van der Waals surface area contributed by atoms with E-state index in [1.54, 1.807) is 0 Å². The Hall–Kier alpha value is -0.570. The Morgan fingerprint density at radius 2 is 1.76 bits per heavy atom. The first-order valence-electron chi connectivity index (χ1n) is 8.26. The molecule has 1 aliphatic rings. The summed E-state index contributed by atoms with van der Waals surface area (Å²) in [5, 5.41) is 4.52. The minimum Gasteiger partial charge on any atom is -0.376 e. The molecule has 0 aromatic heterocycles. The molecule has 1 unspecified atom stereocenters. The molecule has 1 fully saturated rings. The Bertz CT molecular complexity index is 410. The zero-order valence-corrected chi connectivity index (χ0v) is 14.1. The maximum atomic E-state index is 6.11. The molecule has 0 heterocycles. The molecule has 1 aliphatic carbocycles. The number of hydrogen-bond acceptors (Lipinski definition) is 2. The van der Waals surface area contributed by atoms with Crippen LogP contribution < -0.4 is 5.32 Å². The molecule has 0 aliphatic heterocycles. The van der Waals surface area contributed by atoms with Crippen LogP contribution in [0.25, 0.3) is 0 Å². The smallest absolute Gasteiger partial charge is 0.0872 e. The molecule has 0 bridgehead atoms. The summed E-state index contributed by atoms with van der Waals surface area (Å²) < 4.78 is 6.11. The van der Waals surface area contributed by atoms with Gasteiger partial charge in [-0.15, -0.1) is 0 Å². The Labute approximate surface area is 134 Å². The minimum atomic E-state index is -0.0838. The lowest BCUT2D eigenvalue weighted by atomic mass is 9.82. The fraction of sp³-hybridized carbons (Fsp3) is 0.667. The summed E-state index contributed by atoms with van der Waals surface area (Å²) in [5.74, 6) is 0. The molecule has 2 nitrogen and oxygen atoms in total. The van der Waals surface area contributed by atoms with Crippen LogP contribution in [0.15, 0.2) is 24.3 Å². The van der Waals surface area contributed by atoms with E-state index in [0.29, 0.717) is 0 Å². The number of halogens is 1. The number of hydrogen-bond donors (Lipinski definition) is 1. The van der Waals surface area contributed by atoms with Gasteiger partial charge in [0.1, 0.15) is 0 Å². The second-order valence-corrected chi connectivity index (χ2v) is 6.56. The van der Waals surface area contributed by atoms with Gasteiger partial charge in [-0.05, 0) is 43.5 Å². The first-order chi connectivity index (χ1) is 10.2. The van der Waals surface area contributed by atoms with Crippen molar-refractivity contribution in [1.82, 2.24) is 5.32 Å². The van der Waals surface area contributed by atoms with Crippen molar-refractivity contribution >= 4 is 11.6 Å². The zero-order chi connectivity index (χ0) is 15.1. The predicted octanol–water partition coefficient (Wildman–Crippen LogP) is 5.12. The third-order valence-electron chi connectivity index (χ3n) is 4.68. The van der Waals surface area contributed by atoms with E-state index in [1.165, 1.54) is 31.2 Å². The van der Waals surface area contributed by atoms with Gasteiger partial charge in [0.15, 0.2) is 0 Å². The van der Waals surface area contributed by atoms with Gasteiger partial charge in [0.2, 0.25) is 0 Å². The van der Waals surface area contributed by atoms with Crippen molar-refractivity contribution < 1.29 is 4.74 Å². The van der Waals surface area contributed by atoms with Crippen LogP contribution in [0, 0.1) is 0 Å². The Morgan fingerprint density at radius 3 is 2.29 bits per heavy atom. The number of ether oxygens (including phenoxy) is 1. The van der Waals surface area contributed by atoms with E-state index < -0.39 is 0 Å². The highest BCUT2D eigenvalue weighted by Crippen LogP contribution is 2.40. The average Bonchev–Trinajstić information content (AvgIpc) is 2.76. The summed E-state index contributed by atoms with van der Waals surface area (Å²) >= 11 is 6.05. The quantitative estimate of drug-likeness (QED) is 0.736. The molecule has 3 heteroatoms. The van der Waals surface area contributed by atoms with Crippen molar-refractivity contribution in [2.24, 2.45) is 0 Å². The molecule has 0 radical (unpaired) electrons. The van der Waals surface area contributed by atoms with Crippen molar-refractivity contribution in [2.45, 2.75) is 63.5 Å². The maximum Gasteiger partial charge on any atom is 0.0872 e. The monoisotopic (exact) mass is 309 g/mol. The molecule has 1 aromatic carbocycles. The van der Waals surface area contributed by atoms with Gasteiger partial charge in [-0.3, -0.25) is 0 Å². The van der Waals surface area contributed by atoms with Crippen molar-refractivity contribution in [3.05, 3.63) is 34.9 Å². The third kappa shape index (κ3) is 4.21. The molecule has 0 amide bonds. The van der Waals surface area contributed by atoms with Gasteiger partial charge in [0.25, 0.3) is 0 Å². The van der Waals surface area contributed by atoms with E-state index >= 15 is 0 Å². The number of benzene rings is 1. The molecule has 1 saturated carbocycles. The molecule has 1 aromatic rings. The lowest BCUT2D eigenvalue weighted by Gasteiger charge is -2.40. The van der Waals surface area contributed by atoms with E-state index in [-0.39, 0.29) is 11.6 Å².